The second-order valence-electron chi connectivity index (χ2n) is 7.46. The number of halogens is 1. The molecule has 0 saturated heterocycles. The zero-order chi connectivity index (χ0) is 23.8. The molecule has 33 heavy (non-hydrogen) atoms. The predicted molar refractivity (Wildman–Crippen MR) is 135 cm³/mol. The van der Waals surface area contributed by atoms with E-state index in [-0.39, 0.29) is 24.2 Å². The first-order chi connectivity index (χ1) is 15.9. The van der Waals surface area contributed by atoms with E-state index in [2.05, 4.69) is 51.9 Å². The Morgan fingerprint density at radius 3 is 2.70 bits per heavy atom. The molecule has 1 amide bonds. The number of allylic oxidation sites excluding steroid dienone is 1. The highest BCUT2D eigenvalue weighted by Gasteiger charge is 2.16. The zero-order valence-electron chi connectivity index (χ0n) is 18.9. The maximum Gasteiger partial charge on any atom is 0.234 e. The topological polar surface area (TPSA) is 78.3 Å². The van der Waals surface area contributed by atoms with Gasteiger partial charge in [-0.1, -0.05) is 59.7 Å². The number of thioether (sulfide) groups is 1. The number of amides is 1. The van der Waals surface area contributed by atoms with Gasteiger partial charge in [0.05, 0.1) is 12.9 Å². The molecule has 0 unspecified atom stereocenters. The van der Waals surface area contributed by atoms with E-state index in [1.807, 2.05) is 47.0 Å². The van der Waals surface area contributed by atoms with E-state index < -0.39 is 0 Å². The highest BCUT2D eigenvalue weighted by atomic mass is 79.9. The number of hydrogen-bond acceptors (Lipinski definition) is 6. The highest BCUT2D eigenvalue weighted by Crippen LogP contribution is 2.29. The normalized spacial score (nSPS) is 10.8. The minimum absolute atomic E-state index is 0.107. The van der Waals surface area contributed by atoms with Crippen LogP contribution in [0.3, 0.4) is 0 Å². The number of aromatic nitrogens is 3. The van der Waals surface area contributed by atoms with Crippen molar-refractivity contribution in [3.63, 3.8) is 0 Å². The van der Waals surface area contributed by atoms with E-state index in [0.717, 1.165) is 15.7 Å². The Morgan fingerprint density at radius 2 is 2.00 bits per heavy atom. The van der Waals surface area contributed by atoms with E-state index >= 15 is 0 Å². The van der Waals surface area contributed by atoms with Crippen molar-refractivity contribution in [3.8, 4) is 11.5 Å². The largest absolute Gasteiger partial charge is 0.493 e. The van der Waals surface area contributed by atoms with Gasteiger partial charge in [0.25, 0.3) is 0 Å². The van der Waals surface area contributed by atoms with E-state index in [1.54, 1.807) is 13.2 Å². The first kappa shape index (κ1) is 24.9. The fourth-order valence-electron chi connectivity index (χ4n) is 3.17. The number of benzene rings is 2. The van der Waals surface area contributed by atoms with Crippen molar-refractivity contribution in [1.82, 2.24) is 14.8 Å². The molecule has 0 radical (unpaired) electrons. The van der Waals surface area contributed by atoms with Crippen LogP contribution in [0.15, 0.2) is 64.7 Å². The predicted octanol–water partition coefficient (Wildman–Crippen LogP) is 5.67. The summed E-state index contributed by atoms with van der Waals surface area (Å²) in [5.41, 5.74) is 1.89. The molecule has 0 spiro atoms. The molecule has 2 aromatic carbocycles. The number of carbonyl (C=O) groups is 1. The van der Waals surface area contributed by atoms with Crippen LogP contribution in [-0.4, -0.2) is 33.5 Å². The summed E-state index contributed by atoms with van der Waals surface area (Å²) in [7, 11) is 1.60. The molecule has 174 valence electrons. The average molecular weight is 531 g/mol. The summed E-state index contributed by atoms with van der Waals surface area (Å²) in [5.74, 6) is 2.29. The molecule has 1 aromatic heterocycles. The van der Waals surface area contributed by atoms with Crippen LogP contribution in [0.5, 0.6) is 11.5 Å². The maximum atomic E-state index is 12.6. The minimum Gasteiger partial charge on any atom is -0.493 e. The summed E-state index contributed by atoms with van der Waals surface area (Å²) in [5, 5.41) is 12.2. The second kappa shape index (κ2) is 11.9. The highest BCUT2D eigenvalue weighted by molar-refractivity contribution is 9.10. The van der Waals surface area contributed by atoms with Crippen molar-refractivity contribution in [2.75, 3.05) is 18.2 Å². The van der Waals surface area contributed by atoms with Crippen molar-refractivity contribution >= 4 is 39.3 Å². The van der Waals surface area contributed by atoms with Crippen molar-refractivity contribution < 1.29 is 14.3 Å². The van der Waals surface area contributed by atoms with Gasteiger partial charge < -0.3 is 14.8 Å². The van der Waals surface area contributed by atoms with Gasteiger partial charge in [0.1, 0.15) is 6.61 Å². The van der Waals surface area contributed by atoms with Gasteiger partial charge >= 0.3 is 0 Å². The quantitative estimate of drug-likeness (QED) is 0.254. The third kappa shape index (κ3) is 6.61. The molecule has 0 aliphatic carbocycles. The lowest BCUT2D eigenvalue weighted by atomic mass is 10.0. The molecule has 3 rings (SSSR count). The number of rotatable bonds is 11. The Labute approximate surface area is 206 Å². The summed E-state index contributed by atoms with van der Waals surface area (Å²) in [6.45, 7) is 8.73. The molecular weight excluding hydrogens is 504 g/mol. The number of methoxy groups -OCH3 is 1. The first-order valence-electron chi connectivity index (χ1n) is 10.4. The third-order valence-electron chi connectivity index (χ3n) is 4.77. The summed E-state index contributed by atoms with van der Waals surface area (Å²) in [6.07, 6.45) is 1.76. The molecule has 0 aliphatic rings. The number of carbonyl (C=O) groups excluding carboxylic acids is 1. The Kier molecular flexibility index (Phi) is 8.96. The summed E-state index contributed by atoms with van der Waals surface area (Å²) >= 11 is 4.81. The monoisotopic (exact) mass is 530 g/mol. The molecule has 3 aromatic rings. The van der Waals surface area contributed by atoms with Gasteiger partial charge in [0.15, 0.2) is 22.5 Å². The van der Waals surface area contributed by atoms with Crippen LogP contribution < -0.4 is 14.8 Å². The van der Waals surface area contributed by atoms with Gasteiger partial charge in [-0.05, 0) is 41.8 Å². The van der Waals surface area contributed by atoms with Crippen molar-refractivity contribution in [1.29, 1.82) is 0 Å². The average Bonchev–Trinajstić information content (AvgIpc) is 3.19. The number of anilines is 1. The van der Waals surface area contributed by atoms with Gasteiger partial charge in [0, 0.05) is 16.7 Å². The maximum absolute atomic E-state index is 12.6. The zero-order valence-corrected chi connectivity index (χ0v) is 21.3. The fraction of sp³-hybridized carbons (Fsp3) is 0.292. The van der Waals surface area contributed by atoms with E-state index in [9.17, 15) is 4.79 Å². The number of nitrogens with one attached hydrogen (secondary N) is 1. The van der Waals surface area contributed by atoms with Crippen LogP contribution in [-0.2, 0) is 17.9 Å². The van der Waals surface area contributed by atoms with E-state index in [0.29, 0.717) is 29.0 Å². The van der Waals surface area contributed by atoms with Crippen LogP contribution in [0.2, 0.25) is 0 Å². The standard InChI is InChI=1S/C24H27BrN4O3S/c1-5-12-29-22(14-32-21-9-7-6-8-20(21)31-4)27-28-24(29)33-15-23(30)26-19-11-10-17(25)13-18(19)16(2)3/h5-11,13,16H,1,12,14-15H2,2-4H3,(H,26,30). The Balaban J connectivity index is 1.66. The van der Waals surface area contributed by atoms with Gasteiger partial charge in [-0.15, -0.1) is 16.8 Å². The molecule has 0 bridgehead atoms. The summed E-state index contributed by atoms with van der Waals surface area (Å²) < 4.78 is 14.1. The van der Waals surface area contributed by atoms with Gasteiger partial charge in [-0.3, -0.25) is 9.36 Å². The molecule has 7 nitrogen and oxygen atoms in total. The molecule has 0 atom stereocenters. The van der Waals surface area contributed by atoms with Crippen LogP contribution in [0, 0.1) is 0 Å². The molecule has 1 N–H and O–H groups in total. The fourth-order valence-corrected chi connectivity index (χ4v) is 4.31. The van der Waals surface area contributed by atoms with Gasteiger partial charge in [-0.25, -0.2) is 0 Å². The Morgan fingerprint density at radius 1 is 1.24 bits per heavy atom. The van der Waals surface area contributed by atoms with Crippen LogP contribution in [0.1, 0.15) is 31.2 Å². The number of hydrogen-bond donors (Lipinski definition) is 1. The van der Waals surface area contributed by atoms with Crippen LogP contribution in [0.4, 0.5) is 5.69 Å². The van der Waals surface area contributed by atoms with Crippen LogP contribution >= 0.6 is 27.7 Å². The van der Waals surface area contributed by atoms with Crippen LogP contribution in [0.25, 0.3) is 0 Å². The molecule has 0 aliphatic heterocycles. The smallest absolute Gasteiger partial charge is 0.234 e. The van der Waals surface area contributed by atoms with E-state index in [1.165, 1.54) is 11.8 Å². The number of ether oxygens (including phenoxy) is 2. The lowest BCUT2D eigenvalue weighted by Crippen LogP contribution is -2.16. The summed E-state index contributed by atoms with van der Waals surface area (Å²) in [4.78, 5) is 12.6. The third-order valence-corrected chi connectivity index (χ3v) is 6.23. The number of nitrogens with zero attached hydrogens (tertiary/aromatic N) is 3. The minimum atomic E-state index is -0.107. The first-order valence-corrected chi connectivity index (χ1v) is 12.2. The van der Waals surface area contributed by atoms with Crippen molar-refractivity contribution in [2.24, 2.45) is 0 Å². The SMILES string of the molecule is C=CCn1c(COc2ccccc2OC)nnc1SCC(=O)Nc1ccc(Br)cc1C(C)C. The van der Waals surface area contributed by atoms with Gasteiger partial charge in [0.2, 0.25) is 5.91 Å². The second-order valence-corrected chi connectivity index (χ2v) is 9.32. The Bertz CT molecular complexity index is 1120. The lowest BCUT2D eigenvalue weighted by Gasteiger charge is -2.14. The molecular formula is C24H27BrN4O3S. The lowest BCUT2D eigenvalue weighted by molar-refractivity contribution is -0.113. The molecule has 0 saturated carbocycles. The molecule has 0 fully saturated rings. The van der Waals surface area contributed by atoms with Crippen molar-refractivity contribution in [3.05, 3.63) is 71.0 Å². The molecule has 9 heteroatoms. The van der Waals surface area contributed by atoms with Gasteiger partial charge in [-0.2, -0.15) is 0 Å². The number of para-hydroxylation sites is 2. The Hall–Kier alpha value is -2.78. The van der Waals surface area contributed by atoms with E-state index in [4.69, 9.17) is 9.47 Å². The molecule has 1 heterocycles. The summed E-state index contributed by atoms with van der Waals surface area (Å²) in [6, 6.07) is 13.3. The van der Waals surface area contributed by atoms with Crippen molar-refractivity contribution in [2.45, 2.75) is 38.1 Å².